The molecule has 1 aliphatic rings. The number of ether oxygens (including phenoxy) is 2. The average Bonchev–Trinajstić information content (AvgIpc) is 2.73. The highest BCUT2D eigenvalue weighted by atomic mass is 79.9. The first-order valence-electron chi connectivity index (χ1n) is 4.01. The number of hydrogen-bond donors (Lipinski definition) is 1. The Labute approximate surface area is 89.0 Å². The molecule has 0 aromatic carbocycles. The molecule has 3 nitrogen and oxygen atoms in total. The molecule has 0 bridgehead atoms. The van der Waals surface area contributed by atoms with Crippen molar-refractivity contribution in [2.75, 3.05) is 19.8 Å². The molecule has 1 aromatic rings. The van der Waals surface area contributed by atoms with E-state index in [1.54, 1.807) is 11.3 Å². The zero-order chi connectivity index (χ0) is 9.31. The summed E-state index contributed by atoms with van der Waals surface area (Å²) in [6.07, 6.45) is 0. The molecule has 0 atom stereocenters. The van der Waals surface area contributed by atoms with Crippen molar-refractivity contribution in [2.24, 2.45) is 5.73 Å². The van der Waals surface area contributed by atoms with Gasteiger partial charge in [0.1, 0.15) is 0 Å². The van der Waals surface area contributed by atoms with E-state index in [-0.39, 0.29) is 0 Å². The van der Waals surface area contributed by atoms with E-state index in [0.29, 0.717) is 19.8 Å². The highest BCUT2D eigenvalue weighted by Crippen LogP contribution is 2.36. The number of nitrogens with two attached hydrogens (primary N) is 1. The molecule has 1 fully saturated rings. The van der Waals surface area contributed by atoms with Gasteiger partial charge in [-0.15, -0.1) is 11.3 Å². The predicted molar refractivity (Wildman–Crippen MR) is 54.7 cm³/mol. The van der Waals surface area contributed by atoms with Crippen LogP contribution in [0.1, 0.15) is 4.88 Å². The van der Waals surface area contributed by atoms with E-state index in [0.717, 1.165) is 8.66 Å². The SMILES string of the molecule is NCC1(c2ccc(Br)s2)OCCO1. The molecule has 0 radical (unpaired) electrons. The van der Waals surface area contributed by atoms with Crippen LogP contribution >= 0.6 is 27.3 Å². The molecule has 0 amide bonds. The van der Waals surface area contributed by atoms with E-state index in [2.05, 4.69) is 15.9 Å². The molecule has 0 spiro atoms. The Morgan fingerprint density at radius 1 is 1.46 bits per heavy atom. The van der Waals surface area contributed by atoms with Gasteiger partial charge in [-0.05, 0) is 28.1 Å². The molecule has 0 saturated carbocycles. The van der Waals surface area contributed by atoms with Gasteiger partial charge in [0.05, 0.1) is 28.4 Å². The predicted octanol–water partition coefficient (Wildman–Crippen LogP) is 1.67. The van der Waals surface area contributed by atoms with Crippen LogP contribution in [-0.4, -0.2) is 19.8 Å². The minimum Gasteiger partial charge on any atom is -0.342 e. The summed E-state index contributed by atoms with van der Waals surface area (Å²) in [5, 5.41) is 0. The Morgan fingerprint density at radius 3 is 2.62 bits per heavy atom. The maximum atomic E-state index is 5.65. The molecule has 1 aliphatic heterocycles. The number of halogens is 1. The fourth-order valence-corrected chi connectivity index (χ4v) is 2.83. The van der Waals surface area contributed by atoms with Crippen molar-refractivity contribution in [1.82, 2.24) is 0 Å². The second-order valence-electron chi connectivity index (χ2n) is 2.76. The molecule has 2 N–H and O–H groups in total. The van der Waals surface area contributed by atoms with Gasteiger partial charge < -0.3 is 15.2 Å². The largest absolute Gasteiger partial charge is 0.342 e. The van der Waals surface area contributed by atoms with Crippen molar-refractivity contribution in [3.8, 4) is 0 Å². The normalized spacial score (nSPS) is 20.8. The van der Waals surface area contributed by atoms with Crippen molar-refractivity contribution >= 4 is 27.3 Å². The summed E-state index contributed by atoms with van der Waals surface area (Å²) in [5.74, 6) is -0.684. The summed E-state index contributed by atoms with van der Waals surface area (Å²) >= 11 is 4.99. The molecule has 2 rings (SSSR count). The minimum atomic E-state index is -0.684. The van der Waals surface area contributed by atoms with E-state index < -0.39 is 5.79 Å². The lowest BCUT2D eigenvalue weighted by atomic mass is 10.2. The van der Waals surface area contributed by atoms with Crippen LogP contribution in [0.2, 0.25) is 0 Å². The zero-order valence-corrected chi connectivity index (χ0v) is 9.36. The Balaban J connectivity index is 2.30. The van der Waals surface area contributed by atoms with Gasteiger partial charge in [0.25, 0.3) is 0 Å². The fourth-order valence-electron chi connectivity index (χ4n) is 1.33. The van der Waals surface area contributed by atoms with Crippen LogP contribution in [-0.2, 0) is 15.3 Å². The lowest BCUT2D eigenvalue weighted by Gasteiger charge is -2.23. The Bertz CT molecular complexity index is 296. The van der Waals surface area contributed by atoms with Crippen molar-refractivity contribution in [1.29, 1.82) is 0 Å². The van der Waals surface area contributed by atoms with Crippen molar-refractivity contribution in [2.45, 2.75) is 5.79 Å². The lowest BCUT2D eigenvalue weighted by molar-refractivity contribution is -0.154. The minimum absolute atomic E-state index is 0.361. The van der Waals surface area contributed by atoms with E-state index in [1.807, 2.05) is 12.1 Å². The van der Waals surface area contributed by atoms with Crippen LogP contribution < -0.4 is 5.73 Å². The maximum absolute atomic E-state index is 5.65. The van der Waals surface area contributed by atoms with Crippen molar-refractivity contribution < 1.29 is 9.47 Å². The zero-order valence-electron chi connectivity index (χ0n) is 6.96. The van der Waals surface area contributed by atoms with Gasteiger partial charge >= 0.3 is 0 Å². The van der Waals surface area contributed by atoms with Gasteiger partial charge in [-0.2, -0.15) is 0 Å². The smallest absolute Gasteiger partial charge is 0.217 e. The summed E-state index contributed by atoms with van der Waals surface area (Å²) in [6.45, 7) is 1.60. The molecule has 1 saturated heterocycles. The quantitative estimate of drug-likeness (QED) is 0.883. The van der Waals surface area contributed by atoms with E-state index >= 15 is 0 Å². The second kappa shape index (κ2) is 3.67. The average molecular weight is 264 g/mol. The van der Waals surface area contributed by atoms with Gasteiger partial charge in [-0.1, -0.05) is 0 Å². The number of rotatable bonds is 2. The first kappa shape index (κ1) is 9.61. The van der Waals surface area contributed by atoms with Gasteiger partial charge in [0.2, 0.25) is 5.79 Å². The third kappa shape index (κ3) is 1.67. The summed E-state index contributed by atoms with van der Waals surface area (Å²) in [5.41, 5.74) is 5.65. The molecular weight excluding hydrogens is 254 g/mol. The van der Waals surface area contributed by atoms with E-state index in [9.17, 15) is 0 Å². The van der Waals surface area contributed by atoms with Crippen LogP contribution in [0.3, 0.4) is 0 Å². The first-order chi connectivity index (χ1) is 6.27. The van der Waals surface area contributed by atoms with Crippen molar-refractivity contribution in [3.63, 3.8) is 0 Å². The molecular formula is C8H10BrNO2S. The topological polar surface area (TPSA) is 44.5 Å². The lowest BCUT2D eigenvalue weighted by Crippen LogP contribution is -2.35. The number of hydrogen-bond acceptors (Lipinski definition) is 4. The Hall–Kier alpha value is 0.0600. The molecule has 5 heteroatoms. The van der Waals surface area contributed by atoms with Crippen LogP contribution in [0.4, 0.5) is 0 Å². The highest BCUT2D eigenvalue weighted by molar-refractivity contribution is 9.11. The number of thiophene rings is 1. The summed E-state index contributed by atoms with van der Waals surface area (Å²) < 4.78 is 12.1. The molecule has 0 unspecified atom stereocenters. The van der Waals surface area contributed by atoms with Crippen LogP contribution in [0.5, 0.6) is 0 Å². The van der Waals surface area contributed by atoms with E-state index in [1.165, 1.54) is 0 Å². The van der Waals surface area contributed by atoms with Crippen molar-refractivity contribution in [3.05, 3.63) is 20.8 Å². The molecule has 13 heavy (non-hydrogen) atoms. The standard InChI is InChI=1S/C8H10BrNO2S/c9-7-2-1-6(13-7)8(5-10)11-3-4-12-8/h1-2H,3-5,10H2. The third-order valence-corrected chi connectivity index (χ3v) is 3.72. The van der Waals surface area contributed by atoms with Crippen LogP contribution in [0, 0.1) is 0 Å². The van der Waals surface area contributed by atoms with Gasteiger partial charge in [-0.25, -0.2) is 0 Å². The third-order valence-electron chi connectivity index (χ3n) is 1.97. The monoisotopic (exact) mass is 263 g/mol. The van der Waals surface area contributed by atoms with Gasteiger partial charge in [0.15, 0.2) is 0 Å². The maximum Gasteiger partial charge on any atom is 0.217 e. The second-order valence-corrected chi connectivity index (χ2v) is 5.22. The Kier molecular flexibility index (Phi) is 2.71. The first-order valence-corrected chi connectivity index (χ1v) is 5.61. The highest BCUT2D eigenvalue weighted by Gasteiger charge is 2.38. The fraction of sp³-hybridized carbons (Fsp3) is 0.500. The molecule has 1 aromatic heterocycles. The van der Waals surface area contributed by atoms with Gasteiger partial charge in [0, 0.05) is 0 Å². The van der Waals surface area contributed by atoms with Gasteiger partial charge in [-0.3, -0.25) is 0 Å². The molecule has 72 valence electrons. The molecule has 2 heterocycles. The summed E-state index contributed by atoms with van der Waals surface area (Å²) in [6, 6.07) is 3.95. The Morgan fingerprint density at radius 2 is 2.15 bits per heavy atom. The van der Waals surface area contributed by atoms with E-state index in [4.69, 9.17) is 15.2 Å². The summed E-state index contributed by atoms with van der Waals surface area (Å²) in [4.78, 5) is 1.03. The van der Waals surface area contributed by atoms with Crippen LogP contribution in [0.15, 0.2) is 15.9 Å². The molecule has 0 aliphatic carbocycles. The summed E-state index contributed by atoms with van der Waals surface area (Å²) in [7, 11) is 0. The van der Waals surface area contributed by atoms with Crippen LogP contribution in [0.25, 0.3) is 0 Å².